The minimum Gasteiger partial charge on any atom is -0.496 e. The van der Waals surface area contributed by atoms with Gasteiger partial charge in [-0.15, -0.1) is 0 Å². The topological polar surface area (TPSA) is 72.5 Å². The number of ether oxygens (including phenoxy) is 6. The third kappa shape index (κ3) is 3.62. The predicted octanol–water partition coefficient (Wildman–Crippen LogP) is 3.35. The van der Waals surface area contributed by atoms with Crippen LogP contribution in [0.1, 0.15) is 15.9 Å². The van der Waals surface area contributed by atoms with Gasteiger partial charge in [0.25, 0.3) is 0 Å². The van der Waals surface area contributed by atoms with Gasteiger partial charge in [-0.3, -0.25) is 4.79 Å². The summed E-state index contributed by atoms with van der Waals surface area (Å²) in [4.78, 5) is 12.7. The van der Waals surface area contributed by atoms with E-state index in [0.717, 1.165) is 5.56 Å². The SMILES string of the molecule is COc1cc2c(cc1C(=O)C=Cc1cc(OC)c(OC)c(OC)c1)OCO2. The molecule has 0 N–H and O–H groups in total. The van der Waals surface area contributed by atoms with Crippen LogP contribution in [0, 0.1) is 0 Å². The molecule has 0 amide bonds. The van der Waals surface area contributed by atoms with E-state index in [2.05, 4.69) is 0 Å². The molecule has 7 heteroatoms. The van der Waals surface area contributed by atoms with Gasteiger partial charge in [-0.05, 0) is 29.8 Å². The van der Waals surface area contributed by atoms with Gasteiger partial charge in [0, 0.05) is 6.07 Å². The highest BCUT2D eigenvalue weighted by molar-refractivity contribution is 6.09. The molecule has 0 saturated carbocycles. The van der Waals surface area contributed by atoms with Crippen LogP contribution in [0.4, 0.5) is 0 Å². The standard InChI is InChI=1S/C20H20O7/c1-22-15-10-17-16(26-11-27-17)9-13(15)14(21)6-5-12-7-18(23-2)20(25-4)19(8-12)24-3/h5-10H,11H2,1-4H3. The van der Waals surface area contributed by atoms with Crippen LogP contribution in [0.15, 0.2) is 30.3 Å². The first-order valence-corrected chi connectivity index (χ1v) is 8.11. The normalized spacial score (nSPS) is 12.1. The number of carbonyl (C=O) groups is 1. The summed E-state index contributed by atoms with van der Waals surface area (Å²) < 4.78 is 31.9. The molecule has 27 heavy (non-hydrogen) atoms. The Bertz CT molecular complexity index is 861. The van der Waals surface area contributed by atoms with Crippen molar-refractivity contribution >= 4 is 11.9 Å². The van der Waals surface area contributed by atoms with Crippen molar-refractivity contribution in [3.63, 3.8) is 0 Å². The summed E-state index contributed by atoms with van der Waals surface area (Å²) >= 11 is 0. The fourth-order valence-electron chi connectivity index (χ4n) is 2.74. The zero-order chi connectivity index (χ0) is 19.4. The number of hydrogen-bond donors (Lipinski definition) is 0. The number of ketones is 1. The van der Waals surface area contributed by atoms with Crippen molar-refractivity contribution in [3.8, 4) is 34.5 Å². The Balaban J connectivity index is 1.91. The Hall–Kier alpha value is -3.35. The predicted molar refractivity (Wildman–Crippen MR) is 98.6 cm³/mol. The maximum absolute atomic E-state index is 12.7. The van der Waals surface area contributed by atoms with Gasteiger partial charge in [-0.2, -0.15) is 0 Å². The summed E-state index contributed by atoms with van der Waals surface area (Å²) in [7, 11) is 6.10. The number of allylic oxidation sites excluding steroid dienone is 1. The molecule has 142 valence electrons. The molecule has 1 aliphatic heterocycles. The van der Waals surface area contributed by atoms with E-state index in [1.807, 2.05) is 0 Å². The Morgan fingerprint density at radius 3 is 2.00 bits per heavy atom. The maximum Gasteiger partial charge on any atom is 0.231 e. The lowest BCUT2D eigenvalue weighted by Gasteiger charge is -2.12. The number of fused-ring (bicyclic) bond motifs is 1. The Morgan fingerprint density at radius 2 is 1.44 bits per heavy atom. The molecule has 2 aromatic carbocycles. The lowest BCUT2D eigenvalue weighted by atomic mass is 10.1. The first-order valence-electron chi connectivity index (χ1n) is 8.11. The smallest absolute Gasteiger partial charge is 0.231 e. The molecule has 0 fully saturated rings. The van der Waals surface area contributed by atoms with Crippen molar-refractivity contribution in [2.24, 2.45) is 0 Å². The number of hydrogen-bond acceptors (Lipinski definition) is 7. The van der Waals surface area contributed by atoms with Crippen molar-refractivity contribution in [2.75, 3.05) is 35.2 Å². The van der Waals surface area contributed by atoms with E-state index in [-0.39, 0.29) is 12.6 Å². The number of carbonyl (C=O) groups excluding carboxylic acids is 1. The van der Waals surface area contributed by atoms with E-state index in [1.54, 1.807) is 30.3 Å². The largest absolute Gasteiger partial charge is 0.496 e. The van der Waals surface area contributed by atoms with Crippen molar-refractivity contribution in [2.45, 2.75) is 0 Å². The summed E-state index contributed by atoms with van der Waals surface area (Å²) in [6.45, 7) is 0.122. The first kappa shape index (κ1) is 18.4. The lowest BCUT2D eigenvalue weighted by molar-refractivity contribution is 0.104. The van der Waals surface area contributed by atoms with Crippen molar-refractivity contribution < 1.29 is 33.2 Å². The number of benzene rings is 2. The van der Waals surface area contributed by atoms with Crippen LogP contribution >= 0.6 is 0 Å². The zero-order valence-corrected chi connectivity index (χ0v) is 15.5. The van der Waals surface area contributed by atoms with Gasteiger partial charge in [-0.25, -0.2) is 0 Å². The van der Waals surface area contributed by atoms with E-state index in [1.165, 1.54) is 34.5 Å². The van der Waals surface area contributed by atoms with Crippen molar-refractivity contribution in [3.05, 3.63) is 41.5 Å². The molecular formula is C20H20O7. The van der Waals surface area contributed by atoms with Crippen molar-refractivity contribution in [1.29, 1.82) is 0 Å². The van der Waals surface area contributed by atoms with Crippen LogP contribution in [0.25, 0.3) is 6.08 Å². The zero-order valence-electron chi connectivity index (χ0n) is 15.5. The van der Waals surface area contributed by atoms with E-state index in [4.69, 9.17) is 28.4 Å². The van der Waals surface area contributed by atoms with E-state index >= 15 is 0 Å². The molecule has 0 unspecified atom stereocenters. The summed E-state index contributed by atoms with van der Waals surface area (Å²) in [5.74, 6) is 2.74. The van der Waals surface area contributed by atoms with Gasteiger partial charge in [0.05, 0.1) is 34.0 Å². The van der Waals surface area contributed by atoms with Gasteiger partial charge >= 0.3 is 0 Å². The highest BCUT2D eigenvalue weighted by Crippen LogP contribution is 2.40. The third-order valence-corrected chi connectivity index (χ3v) is 4.07. The van der Waals surface area contributed by atoms with Crippen molar-refractivity contribution in [1.82, 2.24) is 0 Å². The molecule has 0 atom stereocenters. The van der Waals surface area contributed by atoms with E-state index < -0.39 is 0 Å². The van der Waals surface area contributed by atoms with Gasteiger partial charge in [0.2, 0.25) is 12.5 Å². The molecular weight excluding hydrogens is 352 g/mol. The second-order valence-corrected chi connectivity index (χ2v) is 5.56. The number of rotatable bonds is 7. The summed E-state index contributed by atoms with van der Waals surface area (Å²) in [6, 6.07) is 6.76. The Labute approximate surface area is 157 Å². The monoisotopic (exact) mass is 372 g/mol. The molecule has 0 aromatic heterocycles. The van der Waals surface area contributed by atoms with Gasteiger partial charge in [0.1, 0.15) is 5.75 Å². The summed E-state index contributed by atoms with van der Waals surface area (Å²) in [6.07, 6.45) is 3.11. The van der Waals surface area contributed by atoms with Crippen LogP contribution < -0.4 is 28.4 Å². The van der Waals surface area contributed by atoms with Gasteiger partial charge < -0.3 is 28.4 Å². The molecule has 7 nitrogen and oxygen atoms in total. The van der Waals surface area contributed by atoms with Crippen LogP contribution in [0.3, 0.4) is 0 Å². The second-order valence-electron chi connectivity index (χ2n) is 5.56. The van der Waals surface area contributed by atoms with Crippen LogP contribution in [-0.4, -0.2) is 41.0 Å². The minimum absolute atomic E-state index is 0.122. The van der Waals surface area contributed by atoms with Crippen LogP contribution in [-0.2, 0) is 0 Å². The quantitative estimate of drug-likeness (QED) is 0.545. The molecule has 1 heterocycles. The Kier molecular flexibility index (Phi) is 5.40. The van der Waals surface area contributed by atoms with Crippen LogP contribution in [0.5, 0.6) is 34.5 Å². The molecule has 3 rings (SSSR count). The average Bonchev–Trinajstić information content (AvgIpc) is 3.17. The van der Waals surface area contributed by atoms with E-state index in [9.17, 15) is 4.79 Å². The maximum atomic E-state index is 12.7. The molecule has 0 aliphatic carbocycles. The number of methoxy groups -OCH3 is 4. The van der Waals surface area contributed by atoms with Gasteiger partial charge in [-0.1, -0.05) is 6.08 Å². The summed E-state index contributed by atoms with van der Waals surface area (Å²) in [5, 5.41) is 0. The first-order chi connectivity index (χ1) is 13.1. The fraction of sp³-hybridized carbons (Fsp3) is 0.250. The third-order valence-electron chi connectivity index (χ3n) is 4.07. The molecule has 0 bridgehead atoms. The average molecular weight is 372 g/mol. The van der Waals surface area contributed by atoms with Gasteiger partial charge in [0.15, 0.2) is 28.8 Å². The highest BCUT2D eigenvalue weighted by Gasteiger charge is 2.20. The molecule has 1 aliphatic rings. The minimum atomic E-state index is -0.237. The molecule has 0 radical (unpaired) electrons. The lowest BCUT2D eigenvalue weighted by Crippen LogP contribution is -1.99. The molecule has 0 saturated heterocycles. The molecule has 2 aromatic rings. The summed E-state index contributed by atoms with van der Waals surface area (Å²) in [5.41, 5.74) is 1.10. The van der Waals surface area contributed by atoms with E-state index in [0.29, 0.717) is 40.1 Å². The second kappa shape index (κ2) is 7.90. The highest BCUT2D eigenvalue weighted by atomic mass is 16.7. The van der Waals surface area contributed by atoms with Crippen LogP contribution in [0.2, 0.25) is 0 Å². The Morgan fingerprint density at radius 1 is 0.852 bits per heavy atom. The molecule has 0 spiro atoms. The fourth-order valence-corrected chi connectivity index (χ4v) is 2.74.